The SMILES string of the molecule is O=S(=O)(O)c1ccc2ccc#cc2c1. The Balaban J connectivity index is 2.75. The molecule has 0 aliphatic heterocycles. The Morgan fingerprint density at radius 2 is 2.00 bits per heavy atom. The lowest BCUT2D eigenvalue weighted by atomic mass is 10.2. The maximum atomic E-state index is 10.8. The van der Waals surface area contributed by atoms with Crippen LogP contribution >= 0.6 is 0 Å². The predicted octanol–water partition coefficient (Wildman–Crippen LogP) is 1.69. The summed E-state index contributed by atoms with van der Waals surface area (Å²) >= 11 is 0. The van der Waals surface area contributed by atoms with E-state index in [-0.39, 0.29) is 4.90 Å². The van der Waals surface area contributed by atoms with E-state index in [0.717, 1.165) is 5.39 Å². The third-order valence-corrected chi connectivity index (χ3v) is 2.73. The van der Waals surface area contributed by atoms with Crippen LogP contribution in [0.25, 0.3) is 10.8 Å². The number of benzene rings is 1. The molecule has 0 radical (unpaired) electrons. The van der Waals surface area contributed by atoms with Crippen LogP contribution in [0.3, 0.4) is 0 Å². The quantitative estimate of drug-likeness (QED) is 0.722. The lowest BCUT2D eigenvalue weighted by Crippen LogP contribution is -1.97. The van der Waals surface area contributed by atoms with Gasteiger partial charge in [0.2, 0.25) is 0 Å². The topological polar surface area (TPSA) is 54.4 Å². The van der Waals surface area contributed by atoms with Crippen LogP contribution in [0.1, 0.15) is 0 Å². The van der Waals surface area contributed by atoms with Crippen LogP contribution in [0.15, 0.2) is 35.2 Å². The summed E-state index contributed by atoms with van der Waals surface area (Å²) in [7, 11) is -4.13. The molecule has 0 atom stereocenters. The number of rotatable bonds is 1. The highest BCUT2D eigenvalue weighted by atomic mass is 32.2. The first-order valence-electron chi connectivity index (χ1n) is 3.87. The van der Waals surface area contributed by atoms with Crippen molar-refractivity contribution < 1.29 is 13.0 Å². The van der Waals surface area contributed by atoms with Crippen molar-refractivity contribution in [2.24, 2.45) is 0 Å². The van der Waals surface area contributed by atoms with Crippen LogP contribution in [-0.2, 0) is 10.1 Å². The van der Waals surface area contributed by atoms with Crippen molar-refractivity contribution in [1.29, 1.82) is 0 Å². The van der Waals surface area contributed by atoms with Gasteiger partial charge in [0, 0.05) is 5.39 Å². The minimum atomic E-state index is -4.13. The first-order valence-corrected chi connectivity index (χ1v) is 5.31. The van der Waals surface area contributed by atoms with E-state index in [9.17, 15) is 8.42 Å². The fraction of sp³-hybridized carbons (Fsp3) is 0. The molecule has 70 valence electrons. The molecule has 14 heavy (non-hydrogen) atoms. The molecule has 0 aromatic heterocycles. The van der Waals surface area contributed by atoms with Gasteiger partial charge < -0.3 is 0 Å². The van der Waals surface area contributed by atoms with E-state index in [0.29, 0.717) is 5.39 Å². The molecule has 2 aromatic carbocycles. The number of fused-ring (bicyclic) bond motifs is 1. The van der Waals surface area contributed by atoms with Crippen LogP contribution in [0, 0.1) is 12.1 Å². The van der Waals surface area contributed by atoms with Crippen molar-refractivity contribution in [3.8, 4) is 0 Å². The Hall–Kier alpha value is -1.57. The van der Waals surface area contributed by atoms with Crippen molar-refractivity contribution in [3.63, 3.8) is 0 Å². The molecule has 0 saturated heterocycles. The van der Waals surface area contributed by atoms with Gasteiger partial charge in [-0.2, -0.15) is 8.42 Å². The van der Waals surface area contributed by atoms with Crippen LogP contribution in [0.4, 0.5) is 0 Å². The Morgan fingerprint density at radius 3 is 2.71 bits per heavy atom. The smallest absolute Gasteiger partial charge is 0.282 e. The van der Waals surface area contributed by atoms with E-state index < -0.39 is 10.1 Å². The molecule has 0 spiro atoms. The van der Waals surface area contributed by atoms with Crippen molar-refractivity contribution in [2.75, 3.05) is 0 Å². The molecule has 0 heterocycles. The van der Waals surface area contributed by atoms with Gasteiger partial charge in [0.25, 0.3) is 10.1 Å². The minimum absolute atomic E-state index is 0.124. The molecule has 0 saturated carbocycles. The highest BCUT2D eigenvalue weighted by molar-refractivity contribution is 7.85. The Kier molecular flexibility index (Phi) is 1.92. The van der Waals surface area contributed by atoms with Crippen LogP contribution in [-0.4, -0.2) is 13.0 Å². The van der Waals surface area contributed by atoms with Crippen LogP contribution in [0.5, 0.6) is 0 Å². The first-order chi connectivity index (χ1) is 6.57. The molecule has 2 rings (SSSR count). The van der Waals surface area contributed by atoms with Gasteiger partial charge in [0.15, 0.2) is 0 Å². The summed E-state index contributed by atoms with van der Waals surface area (Å²) in [4.78, 5) is -0.124. The van der Waals surface area contributed by atoms with Crippen LogP contribution < -0.4 is 0 Å². The van der Waals surface area contributed by atoms with Gasteiger partial charge in [-0.05, 0) is 29.7 Å². The summed E-state index contributed by atoms with van der Waals surface area (Å²) in [6.07, 6.45) is 0. The molecular formula is C10H6O3S. The van der Waals surface area contributed by atoms with Gasteiger partial charge in [0.05, 0.1) is 4.90 Å². The van der Waals surface area contributed by atoms with E-state index in [1.54, 1.807) is 18.2 Å². The lowest BCUT2D eigenvalue weighted by Gasteiger charge is -1.97. The molecule has 3 nitrogen and oxygen atoms in total. The van der Waals surface area contributed by atoms with E-state index in [4.69, 9.17) is 4.55 Å². The highest BCUT2D eigenvalue weighted by Crippen LogP contribution is 2.16. The van der Waals surface area contributed by atoms with Crippen molar-refractivity contribution >= 4 is 20.9 Å². The zero-order valence-corrected chi connectivity index (χ0v) is 7.88. The second-order valence-electron chi connectivity index (χ2n) is 2.83. The third-order valence-electron chi connectivity index (χ3n) is 1.88. The second-order valence-corrected chi connectivity index (χ2v) is 4.25. The molecular weight excluding hydrogens is 200 g/mol. The van der Waals surface area contributed by atoms with Gasteiger partial charge in [-0.1, -0.05) is 18.2 Å². The summed E-state index contributed by atoms with van der Waals surface area (Å²) in [6.45, 7) is 0. The molecule has 0 fully saturated rings. The molecule has 0 amide bonds. The fourth-order valence-corrected chi connectivity index (χ4v) is 1.71. The van der Waals surface area contributed by atoms with Gasteiger partial charge in [-0.15, -0.1) is 0 Å². The maximum Gasteiger partial charge on any atom is 0.294 e. The third kappa shape index (κ3) is 1.55. The summed E-state index contributed by atoms with van der Waals surface area (Å²) in [5, 5.41) is 1.47. The standard InChI is InChI=1S/C10H6O3S/c11-14(12,13)10-6-5-8-3-1-2-4-9(8)7-10/h1,3,5-7H,(H,11,12,13). The van der Waals surface area contributed by atoms with E-state index >= 15 is 0 Å². The van der Waals surface area contributed by atoms with Gasteiger partial charge in [-0.25, -0.2) is 0 Å². The Morgan fingerprint density at radius 1 is 1.21 bits per heavy atom. The van der Waals surface area contributed by atoms with Crippen molar-refractivity contribution in [2.45, 2.75) is 4.90 Å². The molecule has 0 unspecified atom stereocenters. The number of hydrogen-bond acceptors (Lipinski definition) is 2. The lowest BCUT2D eigenvalue weighted by molar-refractivity contribution is 0.483. The van der Waals surface area contributed by atoms with Gasteiger partial charge in [0.1, 0.15) is 0 Å². The molecule has 0 aliphatic rings. The van der Waals surface area contributed by atoms with Crippen molar-refractivity contribution in [1.82, 2.24) is 0 Å². The molecule has 1 N–H and O–H groups in total. The summed E-state index contributed by atoms with van der Waals surface area (Å²) in [6, 6.07) is 13.3. The normalized spacial score (nSPS) is 11.2. The summed E-state index contributed by atoms with van der Waals surface area (Å²) < 4.78 is 30.4. The van der Waals surface area contributed by atoms with E-state index in [2.05, 4.69) is 12.1 Å². The Labute approximate surface area is 81.7 Å². The fourth-order valence-electron chi connectivity index (χ4n) is 1.20. The maximum absolute atomic E-state index is 10.8. The highest BCUT2D eigenvalue weighted by Gasteiger charge is 2.08. The molecule has 0 aliphatic carbocycles. The summed E-state index contributed by atoms with van der Waals surface area (Å²) in [5.74, 6) is 0. The van der Waals surface area contributed by atoms with Gasteiger partial charge >= 0.3 is 0 Å². The first kappa shape index (κ1) is 9.00. The minimum Gasteiger partial charge on any atom is -0.282 e. The average Bonchev–Trinajstić information content (AvgIpc) is 2.16. The second kappa shape index (κ2) is 2.98. The summed E-state index contributed by atoms with van der Waals surface area (Å²) in [5.41, 5.74) is 0. The predicted molar refractivity (Wildman–Crippen MR) is 51.4 cm³/mol. The molecule has 0 bridgehead atoms. The largest absolute Gasteiger partial charge is 0.294 e. The van der Waals surface area contributed by atoms with Crippen LogP contribution in [0.2, 0.25) is 0 Å². The van der Waals surface area contributed by atoms with Gasteiger partial charge in [-0.3, -0.25) is 4.55 Å². The zero-order chi connectivity index (χ0) is 10.2. The number of hydrogen-bond donors (Lipinski definition) is 1. The van der Waals surface area contributed by atoms with E-state index in [1.807, 2.05) is 0 Å². The monoisotopic (exact) mass is 206 g/mol. The molecule has 2 aromatic rings. The zero-order valence-electron chi connectivity index (χ0n) is 7.06. The molecule has 4 heteroatoms. The average molecular weight is 206 g/mol. The Bertz CT molecular complexity index is 573. The van der Waals surface area contributed by atoms with E-state index in [1.165, 1.54) is 12.1 Å². The van der Waals surface area contributed by atoms with Crippen molar-refractivity contribution in [3.05, 3.63) is 42.5 Å².